The average Bonchev–Trinajstić information content (AvgIpc) is 2.74. The molecule has 0 bridgehead atoms. The molecule has 0 aromatic heterocycles. The first-order valence-corrected chi connectivity index (χ1v) is 10.5. The van der Waals surface area contributed by atoms with Crippen LogP contribution in [0.2, 0.25) is 0 Å². The number of amidine groups is 1. The number of rotatable bonds is 2. The third-order valence-electron chi connectivity index (χ3n) is 6.57. The first-order valence-electron chi connectivity index (χ1n) is 10.5. The van der Waals surface area contributed by atoms with Gasteiger partial charge in [0.1, 0.15) is 19.0 Å². The van der Waals surface area contributed by atoms with Gasteiger partial charge in [-0.15, -0.1) is 0 Å². The topological polar surface area (TPSA) is 119 Å². The lowest BCUT2D eigenvalue weighted by atomic mass is 9.62. The lowest BCUT2D eigenvalue weighted by Gasteiger charge is -2.44. The Morgan fingerprint density at radius 3 is 2.63 bits per heavy atom. The van der Waals surface area contributed by atoms with Crippen molar-refractivity contribution in [3.8, 4) is 11.5 Å². The zero-order valence-electron chi connectivity index (χ0n) is 16.9. The van der Waals surface area contributed by atoms with E-state index in [1.54, 1.807) is 0 Å². The number of carbonyl (C=O) groups is 1. The second-order valence-electron chi connectivity index (χ2n) is 8.35. The minimum atomic E-state index is -0.914. The maximum Gasteiger partial charge on any atom is 0.240 e. The highest BCUT2D eigenvalue weighted by atomic mass is 16.6. The Hall–Kier alpha value is -2.71. The van der Waals surface area contributed by atoms with E-state index in [1.165, 1.54) is 0 Å². The molecule has 158 valence electrons. The summed E-state index contributed by atoms with van der Waals surface area (Å²) >= 11 is 0. The molecule has 3 heterocycles. The van der Waals surface area contributed by atoms with E-state index in [4.69, 9.17) is 15.2 Å². The maximum atomic E-state index is 13.7. The highest BCUT2D eigenvalue weighted by molar-refractivity contribution is 6.29. The number of hydrogen-bond acceptors (Lipinski definition) is 7. The molecule has 1 saturated carbocycles. The second-order valence-corrected chi connectivity index (χ2v) is 8.35. The Morgan fingerprint density at radius 2 is 1.87 bits per heavy atom. The highest BCUT2D eigenvalue weighted by Gasteiger charge is 2.50. The molecule has 8 heteroatoms. The normalized spacial score (nSPS) is 33.0. The molecule has 1 aromatic carbocycles. The van der Waals surface area contributed by atoms with E-state index >= 15 is 0 Å². The lowest BCUT2D eigenvalue weighted by molar-refractivity contribution is -0.126. The summed E-state index contributed by atoms with van der Waals surface area (Å²) in [6.07, 6.45) is 3.82. The summed E-state index contributed by atoms with van der Waals surface area (Å²) in [5.41, 5.74) is 7.37. The molecule has 0 radical (unpaired) electrons. The van der Waals surface area contributed by atoms with Crippen LogP contribution >= 0.6 is 0 Å². The van der Waals surface area contributed by atoms with Crippen LogP contribution < -0.4 is 20.5 Å². The Bertz CT molecular complexity index is 977. The van der Waals surface area contributed by atoms with Gasteiger partial charge in [-0.1, -0.05) is 12.1 Å². The number of fused-ring (bicyclic) bond motifs is 2. The summed E-state index contributed by atoms with van der Waals surface area (Å²) in [4.78, 5) is 22.4. The van der Waals surface area contributed by atoms with Crippen LogP contribution in [0, 0.1) is 5.92 Å². The molecule has 3 aliphatic heterocycles. The molecule has 1 aromatic rings. The summed E-state index contributed by atoms with van der Waals surface area (Å²) in [5, 5.41) is 13.1. The number of aliphatic imine (C=N–C) groups is 2. The number of amides is 1. The van der Waals surface area contributed by atoms with E-state index in [0.717, 1.165) is 29.7 Å². The van der Waals surface area contributed by atoms with E-state index < -0.39 is 11.7 Å². The summed E-state index contributed by atoms with van der Waals surface area (Å²) in [6.45, 7) is 2.88. The van der Waals surface area contributed by atoms with Gasteiger partial charge in [0.2, 0.25) is 5.91 Å². The quantitative estimate of drug-likeness (QED) is 0.681. The van der Waals surface area contributed by atoms with Gasteiger partial charge < -0.3 is 19.9 Å². The molecule has 4 N–H and O–H groups in total. The Morgan fingerprint density at radius 1 is 1.13 bits per heavy atom. The summed E-state index contributed by atoms with van der Waals surface area (Å²) in [7, 11) is 0. The molecule has 1 amide bonds. The van der Waals surface area contributed by atoms with Crippen LogP contribution in [0.3, 0.4) is 0 Å². The monoisotopic (exact) mass is 410 g/mol. The number of ether oxygens (including phenoxy) is 2. The van der Waals surface area contributed by atoms with Crippen LogP contribution in [0.1, 0.15) is 38.2 Å². The first kappa shape index (κ1) is 19.3. The average molecular weight is 410 g/mol. The van der Waals surface area contributed by atoms with Gasteiger partial charge in [0.05, 0.1) is 11.5 Å². The fourth-order valence-corrected chi connectivity index (χ4v) is 5.03. The number of carbonyl (C=O) groups excluding carboxylic acids is 1. The van der Waals surface area contributed by atoms with Crippen molar-refractivity contribution in [1.82, 2.24) is 5.32 Å². The van der Waals surface area contributed by atoms with E-state index in [9.17, 15) is 9.90 Å². The van der Waals surface area contributed by atoms with Gasteiger partial charge in [-0.3, -0.25) is 10.5 Å². The van der Waals surface area contributed by atoms with Gasteiger partial charge in [0.15, 0.2) is 17.8 Å². The van der Waals surface area contributed by atoms with E-state index in [2.05, 4.69) is 15.3 Å². The van der Waals surface area contributed by atoms with Crippen molar-refractivity contribution >= 4 is 17.5 Å². The number of nitrogens with zero attached hydrogens (tertiary/aromatic N) is 2. The van der Waals surface area contributed by atoms with Crippen molar-refractivity contribution in [2.24, 2.45) is 21.6 Å². The molecule has 2 unspecified atom stereocenters. The molecule has 8 nitrogen and oxygen atoms in total. The van der Waals surface area contributed by atoms with Crippen LogP contribution in [0.5, 0.6) is 11.5 Å². The van der Waals surface area contributed by atoms with Crippen LogP contribution in [0.15, 0.2) is 39.8 Å². The Balaban J connectivity index is 1.67. The molecule has 2 atom stereocenters. The molecule has 4 aliphatic rings. The van der Waals surface area contributed by atoms with Crippen molar-refractivity contribution in [2.45, 2.75) is 50.4 Å². The van der Waals surface area contributed by atoms with Crippen molar-refractivity contribution in [2.75, 3.05) is 13.2 Å². The maximum absolute atomic E-state index is 13.7. The van der Waals surface area contributed by atoms with Gasteiger partial charge >= 0.3 is 0 Å². The minimum Gasteiger partial charge on any atom is -0.486 e. The standard InChI is InChI=1S/C22H26N4O4/c1-12-16-11-22(13-2-5-15(27)6-3-13,20(28)25-19(16)26-21(23)24-12)14-4-7-17-18(10-14)30-9-8-29-17/h4,7,10-11,13,15,21,27H,2-3,5-6,8-9,23H2,1H3,(H,25,26,28)/t13-,15-,21?,22?. The third kappa shape index (κ3) is 3.02. The van der Waals surface area contributed by atoms with E-state index in [0.29, 0.717) is 43.4 Å². The molecular weight excluding hydrogens is 384 g/mol. The number of aliphatic hydroxyl groups is 1. The zero-order valence-corrected chi connectivity index (χ0v) is 16.9. The van der Waals surface area contributed by atoms with Crippen molar-refractivity contribution in [3.63, 3.8) is 0 Å². The lowest BCUT2D eigenvalue weighted by Crippen LogP contribution is -2.56. The summed E-state index contributed by atoms with van der Waals surface area (Å²) in [5.74, 6) is 1.71. The van der Waals surface area contributed by atoms with E-state index in [-0.39, 0.29) is 17.9 Å². The predicted molar refractivity (Wildman–Crippen MR) is 112 cm³/mol. The smallest absolute Gasteiger partial charge is 0.240 e. The van der Waals surface area contributed by atoms with Crippen LogP contribution in [-0.4, -0.2) is 48.2 Å². The zero-order chi connectivity index (χ0) is 20.9. The van der Waals surface area contributed by atoms with Crippen molar-refractivity contribution in [1.29, 1.82) is 0 Å². The molecule has 0 saturated heterocycles. The van der Waals surface area contributed by atoms with E-state index in [1.807, 2.05) is 31.2 Å². The SMILES string of the molecule is CC1=NC(N)N=C2NC(=O)C(c3ccc4c(c3)OCCO4)([C@H]3CC[C@H](O)CC3)C=C12. The number of benzene rings is 1. The Labute approximate surface area is 174 Å². The summed E-state index contributed by atoms with van der Waals surface area (Å²) < 4.78 is 11.5. The molecule has 1 fully saturated rings. The first-order chi connectivity index (χ1) is 14.5. The molecule has 30 heavy (non-hydrogen) atoms. The summed E-state index contributed by atoms with van der Waals surface area (Å²) in [6, 6.07) is 5.73. The predicted octanol–water partition coefficient (Wildman–Crippen LogP) is 1.42. The van der Waals surface area contributed by atoms with Crippen LogP contribution in [-0.2, 0) is 10.2 Å². The number of nitrogens with one attached hydrogen (secondary N) is 1. The Kier molecular flexibility index (Phi) is 4.63. The fourth-order valence-electron chi connectivity index (χ4n) is 5.03. The molecule has 0 spiro atoms. The number of aliphatic hydroxyl groups excluding tert-OH is 1. The largest absolute Gasteiger partial charge is 0.486 e. The second kappa shape index (κ2) is 7.21. The molecular formula is C22H26N4O4. The van der Waals surface area contributed by atoms with Gasteiger partial charge in [-0.2, -0.15) is 0 Å². The van der Waals surface area contributed by atoms with Gasteiger partial charge in [0.25, 0.3) is 0 Å². The van der Waals surface area contributed by atoms with Crippen LogP contribution in [0.25, 0.3) is 0 Å². The van der Waals surface area contributed by atoms with Gasteiger partial charge in [-0.05, 0) is 56.2 Å². The number of nitrogens with two attached hydrogens (primary N) is 1. The number of hydrogen-bond donors (Lipinski definition) is 3. The highest BCUT2D eigenvalue weighted by Crippen LogP contribution is 2.47. The van der Waals surface area contributed by atoms with Crippen LogP contribution in [0.4, 0.5) is 0 Å². The third-order valence-corrected chi connectivity index (χ3v) is 6.57. The van der Waals surface area contributed by atoms with Crippen molar-refractivity contribution in [3.05, 3.63) is 35.4 Å². The van der Waals surface area contributed by atoms with Gasteiger partial charge in [0, 0.05) is 11.3 Å². The molecule has 1 aliphatic carbocycles. The van der Waals surface area contributed by atoms with Crippen molar-refractivity contribution < 1.29 is 19.4 Å². The fraction of sp³-hybridized carbons (Fsp3) is 0.500. The van der Waals surface area contributed by atoms with Gasteiger partial charge in [-0.25, -0.2) is 9.98 Å². The molecule has 5 rings (SSSR count). The minimum absolute atomic E-state index is 0.0286.